The Balaban J connectivity index is 1.92. The highest BCUT2D eigenvalue weighted by molar-refractivity contribution is 5.03. The third kappa shape index (κ3) is 0.826. The maximum Gasteiger partial charge on any atom is 0.0698 e. The average molecular weight is 167 g/mol. The average Bonchev–Trinajstić information content (AvgIpc) is 2.24. The Morgan fingerprint density at radius 1 is 1.17 bits per heavy atom. The van der Waals surface area contributed by atoms with E-state index in [0.29, 0.717) is 6.04 Å². The van der Waals surface area contributed by atoms with Crippen LogP contribution in [0.3, 0.4) is 0 Å². The van der Waals surface area contributed by atoms with E-state index in [1.807, 2.05) is 0 Å². The molecule has 3 aliphatic heterocycles. The van der Waals surface area contributed by atoms with Crippen LogP contribution in [0.1, 0.15) is 32.1 Å². The van der Waals surface area contributed by atoms with Crippen molar-refractivity contribution in [2.75, 3.05) is 6.54 Å². The zero-order chi connectivity index (χ0) is 8.13. The van der Waals surface area contributed by atoms with E-state index >= 15 is 0 Å². The summed E-state index contributed by atoms with van der Waals surface area (Å²) in [6.45, 7) is 1.25. The first-order valence-corrected chi connectivity index (χ1v) is 5.30. The molecule has 2 heteroatoms. The molecule has 0 aliphatic carbocycles. The van der Waals surface area contributed by atoms with Crippen molar-refractivity contribution < 1.29 is 5.11 Å². The Kier molecular flexibility index (Phi) is 1.50. The Labute approximate surface area is 73.6 Å². The number of piperidine rings is 2. The van der Waals surface area contributed by atoms with E-state index < -0.39 is 0 Å². The van der Waals surface area contributed by atoms with Crippen molar-refractivity contribution in [3.8, 4) is 0 Å². The van der Waals surface area contributed by atoms with Gasteiger partial charge in [-0.15, -0.1) is 0 Å². The summed E-state index contributed by atoms with van der Waals surface area (Å²) >= 11 is 0. The zero-order valence-electron chi connectivity index (χ0n) is 7.45. The van der Waals surface area contributed by atoms with Gasteiger partial charge in [-0.2, -0.15) is 0 Å². The first-order valence-electron chi connectivity index (χ1n) is 5.30. The van der Waals surface area contributed by atoms with Crippen LogP contribution in [0, 0.1) is 5.92 Å². The van der Waals surface area contributed by atoms with E-state index in [2.05, 4.69) is 4.90 Å². The van der Waals surface area contributed by atoms with Gasteiger partial charge >= 0.3 is 0 Å². The smallest absolute Gasteiger partial charge is 0.0698 e. The highest BCUT2D eigenvalue weighted by atomic mass is 16.3. The predicted octanol–water partition coefficient (Wildman–Crippen LogP) is 0.994. The van der Waals surface area contributed by atoms with E-state index in [4.69, 9.17) is 0 Å². The van der Waals surface area contributed by atoms with E-state index in [1.54, 1.807) is 0 Å². The maximum absolute atomic E-state index is 9.86. The standard InChI is InChI=1S/C10H17NO/c12-9-4-3-8-6-7-2-1-5-11(8)10(7)9/h7-10,12H,1-6H2/t7-,8-,9+,10-/m0/s1. The van der Waals surface area contributed by atoms with E-state index in [0.717, 1.165) is 18.4 Å². The minimum atomic E-state index is -0.00551. The highest BCUT2D eigenvalue weighted by Gasteiger charge is 2.49. The minimum absolute atomic E-state index is 0.00551. The molecule has 4 bridgehead atoms. The molecule has 3 heterocycles. The fourth-order valence-electron chi connectivity index (χ4n) is 3.65. The lowest BCUT2D eigenvalue weighted by Gasteiger charge is -2.41. The Bertz CT molecular complexity index is 194. The third-order valence-electron chi connectivity index (χ3n) is 4.09. The van der Waals surface area contributed by atoms with Crippen LogP contribution in [0.15, 0.2) is 0 Å². The lowest BCUT2D eigenvalue weighted by molar-refractivity contribution is -0.0129. The molecule has 0 aromatic rings. The van der Waals surface area contributed by atoms with Crippen molar-refractivity contribution in [1.82, 2.24) is 4.90 Å². The molecule has 0 aromatic heterocycles. The summed E-state index contributed by atoms with van der Waals surface area (Å²) < 4.78 is 0. The summed E-state index contributed by atoms with van der Waals surface area (Å²) in [5.41, 5.74) is 0. The zero-order valence-corrected chi connectivity index (χ0v) is 7.45. The van der Waals surface area contributed by atoms with Crippen molar-refractivity contribution >= 4 is 0 Å². The normalized spacial score (nSPS) is 57.2. The van der Waals surface area contributed by atoms with Gasteiger partial charge in [-0.05, 0) is 44.6 Å². The Morgan fingerprint density at radius 2 is 2.08 bits per heavy atom. The molecule has 0 saturated carbocycles. The quantitative estimate of drug-likeness (QED) is 0.581. The van der Waals surface area contributed by atoms with Gasteiger partial charge in [0.15, 0.2) is 0 Å². The fourth-order valence-corrected chi connectivity index (χ4v) is 3.65. The molecule has 2 nitrogen and oxygen atoms in total. The number of aliphatic hydroxyl groups is 1. The molecule has 12 heavy (non-hydrogen) atoms. The number of nitrogens with zero attached hydrogens (tertiary/aromatic N) is 1. The lowest BCUT2D eigenvalue weighted by Crippen LogP contribution is -2.51. The molecule has 5 atom stereocenters. The van der Waals surface area contributed by atoms with Gasteiger partial charge in [-0.3, -0.25) is 4.90 Å². The van der Waals surface area contributed by atoms with Gasteiger partial charge in [-0.1, -0.05) is 0 Å². The molecule has 3 rings (SSSR count). The largest absolute Gasteiger partial charge is 0.391 e. The topological polar surface area (TPSA) is 23.5 Å². The van der Waals surface area contributed by atoms with Crippen LogP contribution in [0.25, 0.3) is 0 Å². The summed E-state index contributed by atoms with van der Waals surface area (Å²) in [6, 6.07) is 1.39. The van der Waals surface area contributed by atoms with E-state index in [1.165, 1.54) is 32.2 Å². The Hall–Kier alpha value is -0.0800. The molecule has 3 fully saturated rings. The Morgan fingerprint density at radius 3 is 2.92 bits per heavy atom. The summed E-state index contributed by atoms with van der Waals surface area (Å²) in [5, 5.41) is 9.86. The van der Waals surface area contributed by atoms with Gasteiger partial charge in [0, 0.05) is 12.1 Å². The monoisotopic (exact) mass is 167 g/mol. The maximum atomic E-state index is 9.86. The first kappa shape index (κ1) is 7.34. The van der Waals surface area contributed by atoms with Gasteiger partial charge in [0.1, 0.15) is 0 Å². The van der Waals surface area contributed by atoms with Crippen LogP contribution in [0.5, 0.6) is 0 Å². The number of aliphatic hydroxyl groups excluding tert-OH is 1. The molecule has 0 amide bonds. The molecule has 0 spiro atoms. The molecule has 0 radical (unpaired) electrons. The van der Waals surface area contributed by atoms with Crippen molar-refractivity contribution in [3.05, 3.63) is 0 Å². The summed E-state index contributed by atoms with van der Waals surface area (Å²) in [7, 11) is 0. The molecule has 68 valence electrons. The molecule has 3 aliphatic rings. The molecule has 1 N–H and O–H groups in total. The van der Waals surface area contributed by atoms with Crippen molar-refractivity contribution in [3.63, 3.8) is 0 Å². The summed E-state index contributed by atoms with van der Waals surface area (Å²) in [5.74, 6) is 0.834. The van der Waals surface area contributed by atoms with Crippen LogP contribution in [0.2, 0.25) is 0 Å². The third-order valence-corrected chi connectivity index (χ3v) is 4.09. The van der Waals surface area contributed by atoms with Gasteiger partial charge < -0.3 is 5.11 Å². The van der Waals surface area contributed by atoms with Gasteiger partial charge in [-0.25, -0.2) is 0 Å². The molecule has 1 unspecified atom stereocenters. The van der Waals surface area contributed by atoms with Crippen molar-refractivity contribution in [2.45, 2.75) is 50.3 Å². The van der Waals surface area contributed by atoms with Gasteiger partial charge in [0.25, 0.3) is 0 Å². The minimum Gasteiger partial charge on any atom is -0.391 e. The SMILES string of the molecule is O[C@@H]1CC[C@H]2C[C@@H]3CCCN2[C@@H]31. The van der Waals surface area contributed by atoms with Crippen LogP contribution in [0.4, 0.5) is 0 Å². The second kappa shape index (κ2) is 2.46. The molecule has 0 aromatic carbocycles. The van der Waals surface area contributed by atoms with Crippen molar-refractivity contribution in [1.29, 1.82) is 0 Å². The van der Waals surface area contributed by atoms with Gasteiger partial charge in [0.05, 0.1) is 6.10 Å². The van der Waals surface area contributed by atoms with Crippen LogP contribution in [-0.4, -0.2) is 34.7 Å². The van der Waals surface area contributed by atoms with E-state index in [-0.39, 0.29) is 6.10 Å². The van der Waals surface area contributed by atoms with Gasteiger partial charge in [0.2, 0.25) is 0 Å². The van der Waals surface area contributed by atoms with Crippen LogP contribution >= 0.6 is 0 Å². The van der Waals surface area contributed by atoms with E-state index in [9.17, 15) is 5.11 Å². The number of hydrogen-bond donors (Lipinski definition) is 1. The fraction of sp³-hybridized carbons (Fsp3) is 1.00. The van der Waals surface area contributed by atoms with Crippen molar-refractivity contribution in [2.24, 2.45) is 5.92 Å². The summed E-state index contributed by atoms with van der Waals surface area (Å²) in [6.07, 6.45) is 6.41. The number of hydrogen-bond acceptors (Lipinski definition) is 2. The summed E-state index contributed by atoms with van der Waals surface area (Å²) in [4.78, 5) is 2.59. The molecular weight excluding hydrogens is 150 g/mol. The lowest BCUT2D eigenvalue weighted by atomic mass is 9.88. The first-order chi connectivity index (χ1) is 5.86. The second-order valence-corrected chi connectivity index (χ2v) is 4.66. The van der Waals surface area contributed by atoms with Crippen LogP contribution in [-0.2, 0) is 0 Å². The highest BCUT2D eigenvalue weighted by Crippen LogP contribution is 2.44. The van der Waals surface area contributed by atoms with Crippen LogP contribution < -0.4 is 0 Å². The molecule has 3 saturated heterocycles. The molecular formula is C10H17NO. The predicted molar refractivity (Wildman–Crippen MR) is 46.9 cm³/mol. The number of rotatable bonds is 0. The second-order valence-electron chi connectivity index (χ2n) is 4.66.